The van der Waals surface area contributed by atoms with Gasteiger partial charge in [-0.05, 0) is 36.6 Å². The van der Waals surface area contributed by atoms with Crippen LogP contribution in [0.25, 0.3) is 10.9 Å². The van der Waals surface area contributed by atoms with Gasteiger partial charge in [0.05, 0.1) is 0 Å². The monoisotopic (exact) mass is 246 g/mol. The number of aromatic nitrogens is 1. The minimum atomic E-state index is -0.803. The number of benzene rings is 1. The maximum Gasteiger partial charge on any atom is 0.303 e. The highest BCUT2D eigenvalue weighted by atomic mass is 16.4. The summed E-state index contributed by atoms with van der Waals surface area (Å²) in [6.45, 7) is 2.06. The van der Waals surface area contributed by atoms with Gasteiger partial charge in [0.1, 0.15) is 0 Å². The number of nitrogens with two attached hydrogens (primary N) is 1. The standard InChI is InChI=1S/C14H18N2O2/c1-9-8-16(2)13-5-3-10(7-11(9)13)12(15)4-6-14(17)18/h3,5,7-8,12H,4,6,15H2,1-2H3,(H,17,18). The van der Waals surface area contributed by atoms with Gasteiger partial charge in [0.2, 0.25) is 0 Å². The summed E-state index contributed by atoms with van der Waals surface area (Å²) in [5.74, 6) is -0.803. The molecule has 0 saturated carbocycles. The van der Waals surface area contributed by atoms with E-state index in [2.05, 4.69) is 23.8 Å². The molecule has 1 unspecified atom stereocenters. The Balaban J connectivity index is 2.29. The summed E-state index contributed by atoms with van der Waals surface area (Å²) in [5, 5.41) is 9.85. The molecule has 0 aliphatic rings. The molecule has 1 atom stereocenters. The highest BCUT2D eigenvalue weighted by molar-refractivity contribution is 5.84. The molecule has 2 aromatic rings. The van der Waals surface area contributed by atoms with Crippen LogP contribution in [0, 0.1) is 6.92 Å². The second kappa shape index (κ2) is 4.82. The van der Waals surface area contributed by atoms with E-state index in [1.165, 1.54) is 16.5 Å². The Morgan fingerprint density at radius 2 is 2.22 bits per heavy atom. The Hall–Kier alpha value is -1.81. The Morgan fingerprint density at radius 1 is 1.50 bits per heavy atom. The average Bonchev–Trinajstić information content (AvgIpc) is 2.61. The van der Waals surface area contributed by atoms with Crippen LogP contribution in [-0.4, -0.2) is 15.6 Å². The van der Waals surface area contributed by atoms with Crippen molar-refractivity contribution in [2.75, 3.05) is 0 Å². The van der Waals surface area contributed by atoms with E-state index in [9.17, 15) is 4.79 Å². The number of fused-ring (bicyclic) bond motifs is 1. The first-order valence-corrected chi connectivity index (χ1v) is 6.02. The number of carboxylic acids is 1. The van der Waals surface area contributed by atoms with Crippen molar-refractivity contribution in [2.24, 2.45) is 12.8 Å². The number of nitrogens with zero attached hydrogens (tertiary/aromatic N) is 1. The minimum absolute atomic E-state index is 0.104. The van der Waals surface area contributed by atoms with E-state index < -0.39 is 5.97 Å². The van der Waals surface area contributed by atoms with E-state index in [4.69, 9.17) is 10.8 Å². The van der Waals surface area contributed by atoms with Crippen LogP contribution in [0.2, 0.25) is 0 Å². The highest BCUT2D eigenvalue weighted by Crippen LogP contribution is 2.25. The van der Waals surface area contributed by atoms with Crippen molar-refractivity contribution in [1.29, 1.82) is 0 Å². The van der Waals surface area contributed by atoms with Crippen LogP contribution >= 0.6 is 0 Å². The molecule has 0 fully saturated rings. The van der Waals surface area contributed by atoms with E-state index >= 15 is 0 Å². The molecule has 18 heavy (non-hydrogen) atoms. The third kappa shape index (κ3) is 2.38. The van der Waals surface area contributed by atoms with Crippen LogP contribution in [0.5, 0.6) is 0 Å². The van der Waals surface area contributed by atoms with Crippen molar-refractivity contribution in [3.05, 3.63) is 35.5 Å². The average molecular weight is 246 g/mol. The van der Waals surface area contributed by atoms with Crippen molar-refractivity contribution in [3.63, 3.8) is 0 Å². The zero-order valence-corrected chi connectivity index (χ0v) is 10.7. The second-order valence-corrected chi connectivity index (χ2v) is 4.74. The van der Waals surface area contributed by atoms with Gasteiger partial charge in [0.25, 0.3) is 0 Å². The van der Waals surface area contributed by atoms with Crippen molar-refractivity contribution in [2.45, 2.75) is 25.8 Å². The summed E-state index contributed by atoms with van der Waals surface area (Å²) < 4.78 is 2.08. The normalized spacial score (nSPS) is 12.8. The zero-order chi connectivity index (χ0) is 13.3. The SMILES string of the molecule is Cc1cn(C)c2ccc(C(N)CCC(=O)O)cc12. The lowest BCUT2D eigenvalue weighted by Gasteiger charge is -2.11. The predicted octanol–water partition coefficient (Wildman–Crippen LogP) is 2.35. The van der Waals surface area contributed by atoms with Gasteiger partial charge in [-0.2, -0.15) is 0 Å². The van der Waals surface area contributed by atoms with Gasteiger partial charge >= 0.3 is 5.97 Å². The number of hydrogen-bond donors (Lipinski definition) is 2. The Bertz CT molecular complexity index is 587. The fourth-order valence-corrected chi connectivity index (χ4v) is 2.28. The smallest absolute Gasteiger partial charge is 0.303 e. The summed E-state index contributed by atoms with van der Waals surface area (Å²) >= 11 is 0. The molecule has 0 aliphatic heterocycles. The fourth-order valence-electron chi connectivity index (χ4n) is 2.28. The minimum Gasteiger partial charge on any atom is -0.481 e. The van der Waals surface area contributed by atoms with E-state index in [1.807, 2.05) is 19.2 Å². The van der Waals surface area contributed by atoms with E-state index in [0.29, 0.717) is 6.42 Å². The third-order valence-corrected chi connectivity index (χ3v) is 3.31. The van der Waals surface area contributed by atoms with Crippen molar-refractivity contribution < 1.29 is 9.90 Å². The number of aryl methyl sites for hydroxylation is 2. The topological polar surface area (TPSA) is 68.2 Å². The van der Waals surface area contributed by atoms with Gasteiger partial charge in [-0.15, -0.1) is 0 Å². The molecule has 96 valence electrons. The quantitative estimate of drug-likeness (QED) is 0.870. The molecule has 0 bridgehead atoms. The van der Waals surface area contributed by atoms with Crippen LogP contribution < -0.4 is 5.73 Å². The van der Waals surface area contributed by atoms with Crippen LogP contribution in [0.4, 0.5) is 0 Å². The van der Waals surface area contributed by atoms with Crippen molar-refractivity contribution >= 4 is 16.9 Å². The predicted molar refractivity (Wildman–Crippen MR) is 71.5 cm³/mol. The second-order valence-electron chi connectivity index (χ2n) is 4.74. The number of carboxylic acid groups (broad SMARTS) is 1. The number of rotatable bonds is 4. The van der Waals surface area contributed by atoms with Gasteiger partial charge in [0.15, 0.2) is 0 Å². The Morgan fingerprint density at radius 3 is 2.89 bits per heavy atom. The molecule has 1 heterocycles. The van der Waals surface area contributed by atoms with Crippen LogP contribution in [-0.2, 0) is 11.8 Å². The molecule has 0 radical (unpaired) electrons. The molecule has 1 aromatic heterocycles. The lowest BCUT2D eigenvalue weighted by atomic mass is 10.0. The third-order valence-electron chi connectivity index (χ3n) is 3.31. The van der Waals surface area contributed by atoms with Crippen molar-refractivity contribution in [1.82, 2.24) is 4.57 Å². The van der Waals surface area contributed by atoms with Crippen LogP contribution in [0.15, 0.2) is 24.4 Å². The Labute approximate surface area is 106 Å². The highest BCUT2D eigenvalue weighted by Gasteiger charge is 2.11. The first-order valence-electron chi connectivity index (χ1n) is 6.02. The number of hydrogen-bond acceptors (Lipinski definition) is 2. The maximum absolute atomic E-state index is 10.5. The summed E-state index contributed by atoms with van der Waals surface area (Å²) in [7, 11) is 2.01. The molecule has 2 rings (SSSR count). The lowest BCUT2D eigenvalue weighted by molar-refractivity contribution is -0.137. The largest absolute Gasteiger partial charge is 0.481 e. The maximum atomic E-state index is 10.5. The van der Waals surface area contributed by atoms with Gasteiger partial charge in [-0.3, -0.25) is 4.79 Å². The number of aliphatic carboxylic acids is 1. The molecule has 0 aliphatic carbocycles. The summed E-state index contributed by atoms with van der Waals surface area (Å²) in [6, 6.07) is 5.87. The van der Waals surface area contributed by atoms with Gasteiger partial charge in [-0.1, -0.05) is 6.07 Å². The molecule has 3 N–H and O–H groups in total. The Kier molecular flexibility index (Phi) is 3.39. The summed E-state index contributed by atoms with van der Waals surface area (Å²) in [4.78, 5) is 10.5. The number of carbonyl (C=O) groups is 1. The molecule has 4 heteroatoms. The summed E-state index contributed by atoms with van der Waals surface area (Å²) in [6.07, 6.45) is 2.65. The fraction of sp³-hybridized carbons (Fsp3) is 0.357. The summed E-state index contributed by atoms with van der Waals surface area (Å²) in [5.41, 5.74) is 9.40. The molecular formula is C14H18N2O2. The molecule has 0 amide bonds. The van der Waals surface area contributed by atoms with Crippen LogP contribution in [0.3, 0.4) is 0 Å². The molecule has 0 saturated heterocycles. The van der Waals surface area contributed by atoms with E-state index in [1.54, 1.807) is 0 Å². The first kappa shape index (κ1) is 12.6. The molecular weight excluding hydrogens is 228 g/mol. The van der Waals surface area contributed by atoms with Crippen LogP contribution in [0.1, 0.15) is 30.0 Å². The zero-order valence-electron chi connectivity index (χ0n) is 10.7. The van der Waals surface area contributed by atoms with Crippen molar-refractivity contribution in [3.8, 4) is 0 Å². The lowest BCUT2D eigenvalue weighted by Crippen LogP contribution is -2.12. The van der Waals surface area contributed by atoms with Gasteiger partial charge in [0, 0.05) is 36.6 Å². The first-order chi connectivity index (χ1) is 8.49. The molecule has 0 spiro atoms. The molecule has 4 nitrogen and oxygen atoms in total. The van der Waals surface area contributed by atoms with E-state index in [0.717, 1.165) is 5.56 Å². The van der Waals surface area contributed by atoms with E-state index in [-0.39, 0.29) is 12.5 Å². The van der Waals surface area contributed by atoms with Gasteiger partial charge in [-0.25, -0.2) is 0 Å². The molecule has 1 aromatic carbocycles. The van der Waals surface area contributed by atoms with Gasteiger partial charge < -0.3 is 15.4 Å².